The number of hydrogen-bond donors (Lipinski definition) is 1. The fraction of sp³-hybridized carbons (Fsp3) is 0.875. The van der Waals surface area contributed by atoms with Crippen molar-refractivity contribution < 1.29 is 37.0 Å². The van der Waals surface area contributed by atoms with E-state index in [9.17, 15) is 27.2 Å². The Labute approximate surface area is 138 Å². The third-order valence-corrected chi connectivity index (χ3v) is 4.40. The van der Waals surface area contributed by atoms with E-state index in [1.807, 2.05) is 0 Å². The van der Waals surface area contributed by atoms with Crippen molar-refractivity contribution in [3.63, 3.8) is 0 Å². The first kappa shape index (κ1) is 20.7. The van der Waals surface area contributed by atoms with Gasteiger partial charge >= 0.3 is 11.9 Å². The number of rotatable bonds is 3. The van der Waals surface area contributed by atoms with Crippen molar-refractivity contribution in [2.75, 3.05) is 6.61 Å². The molecule has 24 heavy (non-hydrogen) atoms. The lowest BCUT2D eigenvalue weighted by Gasteiger charge is -2.26. The van der Waals surface area contributed by atoms with Crippen LogP contribution in [0.2, 0.25) is 0 Å². The number of hydrogen-bond acceptors (Lipinski definition) is 3. The van der Waals surface area contributed by atoms with Gasteiger partial charge in [-0.25, -0.2) is 17.6 Å². The van der Waals surface area contributed by atoms with E-state index < -0.39 is 23.7 Å². The molecule has 2 rings (SSSR count). The SMILES string of the molecule is CCOC(=O)C1CCC(F)(F)CC1.O=C(O)C1CCC(F)(F)CC1. The van der Waals surface area contributed by atoms with Crippen molar-refractivity contribution in [2.24, 2.45) is 11.8 Å². The summed E-state index contributed by atoms with van der Waals surface area (Å²) >= 11 is 0. The summed E-state index contributed by atoms with van der Waals surface area (Å²) in [6.07, 6.45) is -0.177. The highest BCUT2D eigenvalue weighted by molar-refractivity contribution is 5.72. The Hall–Kier alpha value is -1.34. The first-order valence-electron chi connectivity index (χ1n) is 8.21. The van der Waals surface area contributed by atoms with Crippen LogP contribution < -0.4 is 0 Å². The highest BCUT2D eigenvalue weighted by Gasteiger charge is 2.38. The molecule has 8 heteroatoms. The summed E-state index contributed by atoms with van der Waals surface area (Å²) in [7, 11) is 0. The van der Waals surface area contributed by atoms with Gasteiger partial charge in [0, 0.05) is 25.7 Å². The molecule has 2 aliphatic carbocycles. The quantitative estimate of drug-likeness (QED) is 0.606. The molecular formula is C16H24F4O4. The van der Waals surface area contributed by atoms with Crippen LogP contribution in [0.15, 0.2) is 0 Å². The molecule has 0 amide bonds. The van der Waals surface area contributed by atoms with E-state index in [-0.39, 0.29) is 63.3 Å². The Bertz CT molecular complexity index is 420. The summed E-state index contributed by atoms with van der Waals surface area (Å²) in [5.41, 5.74) is 0. The average molecular weight is 356 g/mol. The summed E-state index contributed by atoms with van der Waals surface area (Å²) in [5.74, 6) is -7.30. The van der Waals surface area contributed by atoms with Gasteiger partial charge < -0.3 is 9.84 Å². The van der Waals surface area contributed by atoms with Crippen LogP contribution in [0.3, 0.4) is 0 Å². The molecule has 2 fully saturated rings. The number of carbonyl (C=O) groups excluding carboxylic acids is 1. The molecule has 0 aromatic rings. The van der Waals surface area contributed by atoms with Crippen LogP contribution in [0.25, 0.3) is 0 Å². The fourth-order valence-electron chi connectivity index (χ4n) is 2.82. The molecule has 0 aromatic carbocycles. The standard InChI is InChI=1S/C9H14F2O2.C7H10F2O2/c1-2-13-8(12)7-3-5-9(10,11)6-4-7;8-7(9)3-1-5(2-4-7)6(10)11/h7H,2-6H2,1H3;5H,1-4H2,(H,10,11). The van der Waals surface area contributed by atoms with Crippen LogP contribution in [0.1, 0.15) is 58.3 Å². The lowest BCUT2D eigenvalue weighted by molar-refractivity contribution is -0.152. The van der Waals surface area contributed by atoms with E-state index in [0.29, 0.717) is 6.61 Å². The van der Waals surface area contributed by atoms with Gasteiger partial charge in [-0.3, -0.25) is 9.59 Å². The number of carbonyl (C=O) groups is 2. The van der Waals surface area contributed by atoms with Crippen molar-refractivity contribution in [1.29, 1.82) is 0 Å². The van der Waals surface area contributed by atoms with Gasteiger partial charge in [-0.15, -0.1) is 0 Å². The van der Waals surface area contributed by atoms with Crippen LogP contribution in [-0.2, 0) is 14.3 Å². The highest BCUT2D eigenvalue weighted by Crippen LogP contribution is 2.37. The molecule has 0 bridgehead atoms. The summed E-state index contributed by atoms with van der Waals surface area (Å²) in [6.45, 7) is 2.04. The summed E-state index contributed by atoms with van der Waals surface area (Å²) < 4.78 is 55.0. The van der Waals surface area contributed by atoms with Crippen molar-refractivity contribution in [3.05, 3.63) is 0 Å². The minimum Gasteiger partial charge on any atom is -0.481 e. The van der Waals surface area contributed by atoms with Crippen LogP contribution in [-0.4, -0.2) is 35.5 Å². The van der Waals surface area contributed by atoms with Crippen molar-refractivity contribution in [1.82, 2.24) is 0 Å². The number of carboxylic acids is 1. The van der Waals surface area contributed by atoms with Gasteiger partial charge in [-0.05, 0) is 32.6 Å². The van der Waals surface area contributed by atoms with E-state index in [0.717, 1.165) is 0 Å². The highest BCUT2D eigenvalue weighted by atomic mass is 19.3. The first-order valence-corrected chi connectivity index (χ1v) is 8.21. The monoisotopic (exact) mass is 356 g/mol. The molecular weight excluding hydrogens is 332 g/mol. The number of halogens is 4. The second-order valence-electron chi connectivity index (χ2n) is 6.35. The topological polar surface area (TPSA) is 63.6 Å². The minimum atomic E-state index is -2.62. The molecule has 2 aliphatic rings. The van der Waals surface area contributed by atoms with Gasteiger partial charge in [-0.2, -0.15) is 0 Å². The van der Waals surface area contributed by atoms with Gasteiger partial charge in [0.25, 0.3) is 0 Å². The van der Waals surface area contributed by atoms with Crippen LogP contribution in [0.5, 0.6) is 0 Å². The van der Waals surface area contributed by atoms with Crippen molar-refractivity contribution in [2.45, 2.75) is 70.1 Å². The molecule has 0 atom stereocenters. The Morgan fingerprint density at radius 1 is 0.917 bits per heavy atom. The second kappa shape index (κ2) is 8.67. The molecule has 0 aliphatic heterocycles. The molecule has 2 saturated carbocycles. The van der Waals surface area contributed by atoms with Crippen molar-refractivity contribution >= 4 is 11.9 Å². The molecule has 0 aromatic heterocycles. The number of ether oxygens (including phenoxy) is 1. The van der Waals surface area contributed by atoms with Crippen molar-refractivity contribution in [3.8, 4) is 0 Å². The third-order valence-electron chi connectivity index (χ3n) is 4.40. The molecule has 0 heterocycles. The number of alkyl halides is 4. The third kappa shape index (κ3) is 7.05. The van der Waals surface area contributed by atoms with E-state index >= 15 is 0 Å². The second-order valence-corrected chi connectivity index (χ2v) is 6.35. The number of carboxylic acid groups (broad SMARTS) is 1. The smallest absolute Gasteiger partial charge is 0.308 e. The van der Waals surface area contributed by atoms with Gasteiger partial charge in [0.1, 0.15) is 0 Å². The molecule has 0 unspecified atom stereocenters. The Kier molecular flexibility index (Phi) is 7.48. The largest absolute Gasteiger partial charge is 0.481 e. The van der Waals surface area contributed by atoms with E-state index in [1.165, 1.54) is 0 Å². The van der Waals surface area contributed by atoms with Crippen LogP contribution in [0, 0.1) is 11.8 Å². The molecule has 0 spiro atoms. The normalized spacial score (nSPS) is 23.7. The van der Waals surface area contributed by atoms with Crippen LogP contribution >= 0.6 is 0 Å². The van der Waals surface area contributed by atoms with Gasteiger partial charge in [0.2, 0.25) is 11.8 Å². The lowest BCUT2D eigenvalue weighted by atomic mass is 9.87. The van der Waals surface area contributed by atoms with E-state index in [4.69, 9.17) is 9.84 Å². The van der Waals surface area contributed by atoms with Gasteiger partial charge in [0.05, 0.1) is 18.4 Å². The zero-order valence-corrected chi connectivity index (χ0v) is 13.7. The summed E-state index contributed by atoms with van der Waals surface area (Å²) in [6, 6.07) is 0. The lowest BCUT2D eigenvalue weighted by Crippen LogP contribution is -2.29. The molecule has 0 radical (unpaired) electrons. The maximum atomic E-state index is 12.7. The molecule has 0 saturated heterocycles. The van der Waals surface area contributed by atoms with Gasteiger partial charge in [-0.1, -0.05) is 0 Å². The number of aliphatic carboxylic acids is 1. The Morgan fingerprint density at radius 2 is 1.29 bits per heavy atom. The number of esters is 1. The van der Waals surface area contributed by atoms with E-state index in [1.54, 1.807) is 6.92 Å². The average Bonchev–Trinajstić information content (AvgIpc) is 2.47. The van der Waals surface area contributed by atoms with Crippen LogP contribution in [0.4, 0.5) is 17.6 Å². The maximum absolute atomic E-state index is 12.7. The first-order chi connectivity index (χ1) is 11.1. The predicted molar refractivity (Wildman–Crippen MR) is 78.1 cm³/mol. The molecule has 4 nitrogen and oxygen atoms in total. The van der Waals surface area contributed by atoms with E-state index in [2.05, 4.69) is 0 Å². The molecule has 1 N–H and O–H groups in total. The maximum Gasteiger partial charge on any atom is 0.308 e. The Balaban J connectivity index is 0.000000243. The molecule has 140 valence electrons. The zero-order chi connectivity index (χ0) is 18.4. The van der Waals surface area contributed by atoms with Gasteiger partial charge in [0.15, 0.2) is 0 Å². The summed E-state index contributed by atoms with van der Waals surface area (Å²) in [5, 5.41) is 8.46. The summed E-state index contributed by atoms with van der Waals surface area (Å²) in [4.78, 5) is 21.5. The fourth-order valence-corrected chi connectivity index (χ4v) is 2.82. The predicted octanol–water partition coefficient (Wildman–Crippen LogP) is 4.27. The Morgan fingerprint density at radius 3 is 1.62 bits per heavy atom. The minimum absolute atomic E-state index is 0.113. The zero-order valence-electron chi connectivity index (χ0n) is 13.7.